The van der Waals surface area contributed by atoms with Crippen LogP contribution in [0.3, 0.4) is 0 Å². The molecule has 1 atom stereocenters. The normalized spacial score (nSPS) is 12.6. The molecule has 0 aliphatic heterocycles. The molecule has 0 aliphatic carbocycles. The molecular formula is C13H18ClNO2. The molecule has 0 saturated heterocycles. The van der Waals surface area contributed by atoms with Crippen molar-refractivity contribution in [2.45, 2.75) is 19.4 Å². The second kappa shape index (κ2) is 6.03. The first-order chi connectivity index (χ1) is 7.95. The Balaban J connectivity index is 3.16. The van der Waals surface area contributed by atoms with Crippen LogP contribution in [0.2, 0.25) is 5.02 Å². The maximum atomic E-state index is 11.3. The molecule has 0 aliphatic rings. The monoisotopic (exact) mass is 255 g/mol. The van der Waals surface area contributed by atoms with Gasteiger partial charge in [0, 0.05) is 23.0 Å². The molecule has 0 saturated carbocycles. The molecule has 1 aromatic rings. The average Bonchev–Trinajstić information content (AvgIpc) is 2.25. The molecule has 17 heavy (non-hydrogen) atoms. The third-order valence-electron chi connectivity index (χ3n) is 2.65. The SMILES string of the molecule is COc1ccc(Cl)cc1C(CC(C)=O)N(C)C. The van der Waals surface area contributed by atoms with E-state index in [4.69, 9.17) is 16.3 Å². The number of ether oxygens (including phenoxy) is 1. The first-order valence-electron chi connectivity index (χ1n) is 5.45. The van der Waals surface area contributed by atoms with Crippen molar-refractivity contribution in [3.05, 3.63) is 28.8 Å². The van der Waals surface area contributed by atoms with E-state index in [2.05, 4.69) is 0 Å². The fraction of sp³-hybridized carbons (Fsp3) is 0.462. The first-order valence-corrected chi connectivity index (χ1v) is 5.82. The summed E-state index contributed by atoms with van der Waals surface area (Å²) >= 11 is 6.00. The Bertz CT molecular complexity index is 404. The number of carbonyl (C=O) groups excluding carboxylic acids is 1. The van der Waals surface area contributed by atoms with Gasteiger partial charge in [0.15, 0.2) is 0 Å². The maximum Gasteiger partial charge on any atom is 0.131 e. The molecular weight excluding hydrogens is 238 g/mol. The second-order valence-electron chi connectivity index (χ2n) is 4.27. The van der Waals surface area contributed by atoms with Crippen LogP contribution >= 0.6 is 11.6 Å². The Hall–Kier alpha value is -1.06. The number of benzene rings is 1. The molecule has 0 bridgehead atoms. The summed E-state index contributed by atoms with van der Waals surface area (Å²) in [5, 5.41) is 0.649. The minimum Gasteiger partial charge on any atom is -0.496 e. The number of rotatable bonds is 5. The Morgan fingerprint density at radius 2 is 2.12 bits per heavy atom. The fourth-order valence-corrected chi connectivity index (χ4v) is 1.99. The average molecular weight is 256 g/mol. The van der Waals surface area contributed by atoms with E-state index in [0.29, 0.717) is 11.4 Å². The molecule has 1 rings (SSSR count). The topological polar surface area (TPSA) is 29.5 Å². The highest BCUT2D eigenvalue weighted by Gasteiger charge is 2.20. The molecule has 3 nitrogen and oxygen atoms in total. The van der Waals surface area contributed by atoms with Crippen LogP contribution in [-0.2, 0) is 4.79 Å². The number of methoxy groups -OCH3 is 1. The molecule has 0 radical (unpaired) electrons. The lowest BCUT2D eigenvalue weighted by molar-refractivity contribution is -0.118. The maximum absolute atomic E-state index is 11.3. The van der Waals surface area contributed by atoms with Gasteiger partial charge in [-0.3, -0.25) is 4.79 Å². The van der Waals surface area contributed by atoms with E-state index < -0.39 is 0 Å². The van der Waals surface area contributed by atoms with Gasteiger partial charge >= 0.3 is 0 Å². The summed E-state index contributed by atoms with van der Waals surface area (Å²) in [6.45, 7) is 1.59. The highest BCUT2D eigenvalue weighted by molar-refractivity contribution is 6.30. The number of carbonyl (C=O) groups is 1. The molecule has 1 aromatic carbocycles. The number of ketones is 1. The summed E-state index contributed by atoms with van der Waals surface area (Å²) in [5.41, 5.74) is 0.945. The molecule has 1 unspecified atom stereocenters. The molecule has 4 heteroatoms. The van der Waals surface area contributed by atoms with Gasteiger partial charge in [0.1, 0.15) is 11.5 Å². The van der Waals surface area contributed by atoms with Crippen LogP contribution in [0.1, 0.15) is 24.9 Å². The number of hydrogen-bond acceptors (Lipinski definition) is 3. The molecule has 0 spiro atoms. The summed E-state index contributed by atoms with van der Waals surface area (Å²) in [4.78, 5) is 13.3. The van der Waals surface area contributed by atoms with Gasteiger partial charge in [-0.15, -0.1) is 0 Å². The van der Waals surface area contributed by atoms with Crippen molar-refractivity contribution >= 4 is 17.4 Å². The van der Waals surface area contributed by atoms with Crippen molar-refractivity contribution in [2.24, 2.45) is 0 Å². The molecule has 0 heterocycles. The Morgan fingerprint density at radius 3 is 2.59 bits per heavy atom. The lowest BCUT2D eigenvalue weighted by Crippen LogP contribution is -2.22. The zero-order valence-corrected chi connectivity index (χ0v) is 11.4. The van der Waals surface area contributed by atoms with Crippen molar-refractivity contribution in [2.75, 3.05) is 21.2 Å². The van der Waals surface area contributed by atoms with Gasteiger partial charge in [-0.25, -0.2) is 0 Å². The molecule has 94 valence electrons. The molecule has 0 amide bonds. The zero-order valence-electron chi connectivity index (χ0n) is 10.7. The van der Waals surface area contributed by atoms with Crippen LogP contribution < -0.4 is 4.74 Å². The molecule has 0 aromatic heterocycles. The van der Waals surface area contributed by atoms with E-state index in [0.717, 1.165) is 11.3 Å². The van der Waals surface area contributed by atoms with Gasteiger partial charge in [0.05, 0.1) is 7.11 Å². The Kier molecular flexibility index (Phi) is 4.97. The summed E-state index contributed by atoms with van der Waals surface area (Å²) in [6, 6.07) is 5.45. The van der Waals surface area contributed by atoms with Crippen molar-refractivity contribution in [1.82, 2.24) is 4.90 Å². The lowest BCUT2D eigenvalue weighted by atomic mass is 10.00. The van der Waals surface area contributed by atoms with Gasteiger partial charge in [0.2, 0.25) is 0 Å². The summed E-state index contributed by atoms with van der Waals surface area (Å²) in [6.07, 6.45) is 0.448. The van der Waals surface area contributed by atoms with Crippen LogP contribution in [0.4, 0.5) is 0 Å². The third-order valence-corrected chi connectivity index (χ3v) is 2.89. The minimum atomic E-state index is -0.0128. The summed E-state index contributed by atoms with van der Waals surface area (Å²) in [5.74, 6) is 0.903. The van der Waals surface area contributed by atoms with E-state index in [9.17, 15) is 4.79 Å². The highest BCUT2D eigenvalue weighted by Crippen LogP contribution is 2.32. The quantitative estimate of drug-likeness (QED) is 0.810. The Morgan fingerprint density at radius 1 is 1.47 bits per heavy atom. The fourth-order valence-electron chi connectivity index (χ4n) is 1.81. The smallest absolute Gasteiger partial charge is 0.131 e. The first kappa shape index (κ1) is 14.0. The van der Waals surface area contributed by atoms with E-state index in [1.807, 2.05) is 31.1 Å². The van der Waals surface area contributed by atoms with Gasteiger partial charge < -0.3 is 9.64 Å². The third kappa shape index (κ3) is 3.72. The van der Waals surface area contributed by atoms with Crippen molar-refractivity contribution in [3.8, 4) is 5.75 Å². The number of hydrogen-bond donors (Lipinski definition) is 0. The highest BCUT2D eigenvalue weighted by atomic mass is 35.5. The Labute approximate surface area is 107 Å². The van der Waals surface area contributed by atoms with Crippen LogP contribution in [0.5, 0.6) is 5.75 Å². The van der Waals surface area contributed by atoms with Gasteiger partial charge in [-0.2, -0.15) is 0 Å². The van der Waals surface area contributed by atoms with Gasteiger partial charge in [-0.05, 0) is 39.2 Å². The van der Waals surface area contributed by atoms with Crippen molar-refractivity contribution in [3.63, 3.8) is 0 Å². The van der Waals surface area contributed by atoms with E-state index in [1.165, 1.54) is 0 Å². The second-order valence-corrected chi connectivity index (χ2v) is 4.71. The summed E-state index contributed by atoms with van der Waals surface area (Å²) in [7, 11) is 5.50. The van der Waals surface area contributed by atoms with Crippen LogP contribution in [0, 0.1) is 0 Å². The molecule has 0 fully saturated rings. The predicted molar refractivity (Wildman–Crippen MR) is 69.7 cm³/mol. The summed E-state index contributed by atoms with van der Waals surface area (Å²) < 4.78 is 5.32. The van der Waals surface area contributed by atoms with Crippen LogP contribution in [0.25, 0.3) is 0 Å². The van der Waals surface area contributed by atoms with E-state index in [-0.39, 0.29) is 11.8 Å². The zero-order chi connectivity index (χ0) is 13.0. The van der Waals surface area contributed by atoms with Gasteiger partial charge in [0.25, 0.3) is 0 Å². The number of halogens is 1. The predicted octanol–water partition coefficient (Wildman–Crippen LogP) is 2.93. The lowest BCUT2D eigenvalue weighted by Gasteiger charge is -2.25. The van der Waals surface area contributed by atoms with Crippen molar-refractivity contribution < 1.29 is 9.53 Å². The standard InChI is InChI=1S/C13H18ClNO2/c1-9(16)7-12(15(2)3)11-8-10(14)5-6-13(11)17-4/h5-6,8,12H,7H2,1-4H3. The largest absolute Gasteiger partial charge is 0.496 e. The van der Waals surface area contributed by atoms with Crippen LogP contribution in [0.15, 0.2) is 18.2 Å². The van der Waals surface area contributed by atoms with Gasteiger partial charge in [-0.1, -0.05) is 11.6 Å². The molecule has 0 N–H and O–H groups in total. The van der Waals surface area contributed by atoms with Crippen LogP contribution in [-0.4, -0.2) is 31.9 Å². The van der Waals surface area contributed by atoms with E-state index >= 15 is 0 Å². The number of nitrogens with zero attached hydrogens (tertiary/aromatic N) is 1. The van der Waals surface area contributed by atoms with E-state index in [1.54, 1.807) is 20.1 Å². The number of Topliss-reactive ketones (excluding diaryl/α,β-unsaturated/α-hetero) is 1. The van der Waals surface area contributed by atoms with Crippen molar-refractivity contribution in [1.29, 1.82) is 0 Å². The minimum absolute atomic E-state index is 0.0128.